The van der Waals surface area contributed by atoms with E-state index in [1.165, 1.54) is 17.0 Å². The summed E-state index contributed by atoms with van der Waals surface area (Å²) in [5.41, 5.74) is 5.04. The molecule has 1 unspecified atom stereocenters. The summed E-state index contributed by atoms with van der Waals surface area (Å²) in [5, 5.41) is 0. The van der Waals surface area contributed by atoms with Crippen molar-refractivity contribution in [1.82, 2.24) is 0 Å². The van der Waals surface area contributed by atoms with Gasteiger partial charge < -0.3 is 10.5 Å². The van der Waals surface area contributed by atoms with Crippen LogP contribution in [0.15, 0.2) is 24.3 Å². The van der Waals surface area contributed by atoms with Gasteiger partial charge in [-0.2, -0.15) is 13.2 Å². The number of hydrogen-bond donors (Lipinski definition) is 1. The van der Waals surface area contributed by atoms with Gasteiger partial charge in [-0.25, -0.2) is 4.79 Å². The second-order valence-corrected chi connectivity index (χ2v) is 4.59. The van der Waals surface area contributed by atoms with Gasteiger partial charge in [0.2, 0.25) is 0 Å². The highest BCUT2D eigenvalue weighted by molar-refractivity contribution is 5.89. The number of nitrogens with zero attached hydrogens (tertiary/aromatic N) is 1. The fraction of sp³-hybridized carbons (Fsp3) is 0.462. The molecule has 0 bridgehead atoms. The van der Waals surface area contributed by atoms with Crippen molar-refractivity contribution >= 4 is 11.8 Å². The Kier molecular flexibility index (Phi) is 4.17. The Balaban J connectivity index is 2.06. The number of anilines is 1. The summed E-state index contributed by atoms with van der Waals surface area (Å²) < 4.78 is 42.5. The first-order valence-electron chi connectivity index (χ1n) is 6.27. The average molecular weight is 288 g/mol. The maximum atomic E-state index is 12.5. The van der Waals surface area contributed by atoms with Gasteiger partial charge in [0.15, 0.2) is 0 Å². The Morgan fingerprint density at radius 1 is 1.30 bits per heavy atom. The van der Waals surface area contributed by atoms with Crippen LogP contribution in [0.3, 0.4) is 0 Å². The molecule has 1 aliphatic rings. The normalized spacial score (nSPS) is 19.3. The number of carbonyl (C=O) groups excluding carboxylic acids is 1. The molecule has 0 aromatic heterocycles. The third-order valence-electron chi connectivity index (χ3n) is 3.11. The molecule has 4 nitrogen and oxygen atoms in total. The van der Waals surface area contributed by atoms with E-state index in [0.29, 0.717) is 25.2 Å². The van der Waals surface area contributed by atoms with Crippen LogP contribution in [-0.2, 0) is 10.9 Å². The molecule has 1 amide bonds. The molecule has 0 saturated carbocycles. The first-order chi connectivity index (χ1) is 9.41. The summed E-state index contributed by atoms with van der Waals surface area (Å²) >= 11 is 0. The summed E-state index contributed by atoms with van der Waals surface area (Å²) in [6.07, 6.45) is -3.79. The average Bonchev–Trinajstić information content (AvgIpc) is 2.77. The summed E-state index contributed by atoms with van der Waals surface area (Å²) in [5.74, 6) is 0. The third-order valence-corrected chi connectivity index (χ3v) is 3.11. The molecule has 2 rings (SSSR count). The van der Waals surface area contributed by atoms with Crippen LogP contribution in [-0.4, -0.2) is 25.3 Å². The number of carbonyl (C=O) groups is 1. The SMILES string of the molecule is NCCCC1CN(c2ccc(C(F)(F)F)cc2)C(=O)O1. The van der Waals surface area contributed by atoms with E-state index >= 15 is 0 Å². The first-order valence-corrected chi connectivity index (χ1v) is 6.27. The predicted molar refractivity (Wildman–Crippen MR) is 67.3 cm³/mol. The lowest BCUT2D eigenvalue weighted by atomic mass is 10.1. The molecular weight excluding hydrogens is 273 g/mol. The molecule has 1 heterocycles. The lowest BCUT2D eigenvalue weighted by Gasteiger charge is -2.14. The highest BCUT2D eigenvalue weighted by Gasteiger charge is 2.33. The highest BCUT2D eigenvalue weighted by atomic mass is 19.4. The van der Waals surface area contributed by atoms with E-state index in [2.05, 4.69) is 0 Å². The molecule has 7 heteroatoms. The van der Waals surface area contributed by atoms with Crippen molar-refractivity contribution in [2.24, 2.45) is 5.73 Å². The molecule has 0 radical (unpaired) electrons. The van der Waals surface area contributed by atoms with E-state index in [9.17, 15) is 18.0 Å². The number of benzene rings is 1. The fourth-order valence-corrected chi connectivity index (χ4v) is 2.06. The number of amides is 1. The van der Waals surface area contributed by atoms with E-state index in [-0.39, 0.29) is 6.10 Å². The molecule has 2 N–H and O–H groups in total. The van der Waals surface area contributed by atoms with Gasteiger partial charge in [0.1, 0.15) is 6.10 Å². The van der Waals surface area contributed by atoms with Crippen LogP contribution in [0.1, 0.15) is 18.4 Å². The maximum absolute atomic E-state index is 12.5. The molecule has 1 saturated heterocycles. The third kappa shape index (κ3) is 3.22. The number of cyclic esters (lactones) is 1. The number of rotatable bonds is 4. The maximum Gasteiger partial charge on any atom is 0.416 e. The molecule has 1 aromatic carbocycles. The molecule has 110 valence electrons. The van der Waals surface area contributed by atoms with Crippen LogP contribution in [0, 0.1) is 0 Å². The number of nitrogens with two attached hydrogens (primary N) is 1. The predicted octanol–water partition coefficient (Wildman–Crippen LogP) is 2.77. The summed E-state index contributed by atoms with van der Waals surface area (Å²) in [6.45, 7) is 0.846. The van der Waals surface area contributed by atoms with Gasteiger partial charge >= 0.3 is 12.3 Å². The second-order valence-electron chi connectivity index (χ2n) is 4.59. The van der Waals surface area contributed by atoms with Gasteiger partial charge in [0, 0.05) is 5.69 Å². The van der Waals surface area contributed by atoms with E-state index in [1.54, 1.807) is 0 Å². The molecule has 1 fully saturated rings. The van der Waals surface area contributed by atoms with Crippen molar-refractivity contribution < 1.29 is 22.7 Å². The van der Waals surface area contributed by atoms with Crippen LogP contribution in [0.5, 0.6) is 0 Å². The Labute approximate surface area is 114 Å². The minimum Gasteiger partial charge on any atom is -0.444 e. The van der Waals surface area contributed by atoms with Crippen LogP contribution in [0.4, 0.5) is 23.7 Å². The quantitative estimate of drug-likeness (QED) is 0.927. The lowest BCUT2D eigenvalue weighted by Crippen LogP contribution is -2.24. The minimum absolute atomic E-state index is 0.256. The minimum atomic E-state index is -4.38. The largest absolute Gasteiger partial charge is 0.444 e. The zero-order valence-corrected chi connectivity index (χ0v) is 10.7. The smallest absolute Gasteiger partial charge is 0.416 e. The standard InChI is InChI=1S/C13H15F3N2O2/c14-13(15,16)9-3-5-10(6-4-9)18-8-11(2-1-7-17)20-12(18)19/h3-6,11H,1-2,7-8,17H2. The second kappa shape index (κ2) is 5.70. The monoisotopic (exact) mass is 288 g/mol. The Hall–Kier alpha value is -1.76. The topological polar surface area (TPSA) is 55.6 Å². The molecule has 0 spiro atoms. The number of ether oxygens (including phenoxy) is 1. The van der Waals surface area contributed by atoms with Gasteiger partial charge in [0.05, 0.1) is 12.1 Å². The van der Waals surface area contributed by atoms with Crippen molar-refractivity contribution in [2.75, 3.05) is 18.0 Å². The zero-order valence-electron chi connectivity index (χ0n) is 10.7. The number of alkyl halides is 3. The lowest BCUT2D eigenvalue weighted by molar-refractivity contribution is -0.137. The van der Waals surface area contributed by atoms with Crippen LogP contribution in [0.25, 0.3) is 0 Å². The van der Waals surface area contributed by atoms with Crippen molar-refractivity contribution in [3.63, 3.8) is 0 Å². The fourth-order valence-electron chi connectivity index (χ4n) is 2.06. The van der Waals surface area contributed by atoms with E-state index < -0.39 is 17.8 Å². The van der Waals surface area contributed by atoms with Gasteiger partial charge in [-0.3, -0.25) is 4.90 Å². The van der Waals surface area contributed by atoms with Gasteiger partial charge in [-0.05, 0) is 43.7 Å². The zero-order chi connectivity index (χ0) is 14.8. The van der Waals surface area contributed by atoms with E-state index in [1.807, 2.05) is 0 Å². The Bertz CT molecular complexity index is 473. The van der Waals surface area contributed by atoms with Crippen molar-refractivity contribution in [3.8, 4) is 0 Å². The van der Waals surface area contributed by atoms with Crippen molar-refractivity contribution in [2.45, 2.75) is 25.1 Å². The van der Waals surface area contributed by atoms with E-state index in [0.717, 1.165) is 18.6 Å². The summed E-state index contributed by atoms with van der Waals surface area (Å²) in [7, 11) is 0. The van der Waals surface area contributed by atoms with Crippen LogP contribution >= 0.6 is 0 Å². The first kappa shape index (κ1) is 14.6. The van der Waals surface area contributed by atoms with Gasteiger partial charge in [-0.1, -0.05) is 0 Å². The van der Waals surface area contributed by atoms with Crippen LogP contribution in [0.2, 0.25) is 0 Å². The molecule has 1 aromatic rings. The van der Waals surface area contributed by atoms with Gasteiger partial charge in [0.25, 0.3) is 0 Å². The summed E-state index contributed by atoms with van der Waals surface area (Å²) in [6, 6.07) is 4.45. The number of hydrogen-bond acceptors (Lipinski definition) is 3. The molecule has 1 aliphatic heterocycles. The molecule has 0 aliphatic carbocycles. The van der Waals surface area contributed by atoms with E-state index in [4.69, 9.17) is 10.5 Å². The molecule has 1 atom stereocenters. The van der Waals surface area contributed by atoms with Crippen LogP contribution < -0.4 is 10.6 Å². The molecular formula is C13H15F3N2O2. The van der Waals surface area contributed by atoms with Crippen molar-refractivity contribution in [1.29, 1.82) is 0 Å². The number of halogens is 3. The molecule has 20 heavy (non-hydrogen) atoms. The van der Waals surface area contributed by atoms with Gasteiger partial charge in [-0.15, -0.1) is 0 Å². The van der Waals surface area contributed by atoms with Crippen molar-refractivity contribution in [3.05, 3.63) is 29.8 Å². The Morgan fingerprint density at radius 3 is 2.50 bits per heavy atom. The summed E-state index contributed by atoms with van der Waals surface area (Å²) in [4.78, 5) is 13.0. The highest BCUT2D eigenvalue weighted by Crippen LogP contribution is 2.31. The Morgan fingerprint density at radius 2 is 1.95 bits per heavy atom.